The normalized spacial score (nSPS) is 10.6. The molecule has 0 aliphatic carbocycles. The Morgan fingerprint density at radius 3 is 2.81 bits per heavy atom. The molecule has 0 fully saturated rings. The number of aryl methyl sites for hydroxylation is 2. The van der Waals surface area contributed by atoms with Crippen molar-refractivity contribution in [2.24, 2.45) is 0 Å². The van der Waals surface area contributed by atoms with Crippen molar-refractivity contribution < 1.29 is 0 Å². The van der Waals surface area contributed by atoms with Gasteiger partial charge in [-0.05, 0) is 32.1 Å². The quantitative estimate of drug-likeness (QED) is 0.764. The van der Waals surface area contributed by atoms with Gasteiger partial charge in [0.15, 0.2) is 5.82 Å². The van der Waals surface area contributed by atoms with Gasteiger partial charge in [0, 0.05) is 6.54 Å². The topological polar surface area (TPSA) is 79.4 Å². The Labute approximate surface area is 96.3 Å². The zero-order chi connectivity index (χ0) is 11.7. The van der Waals surface area contributed by atoms with Gasteiger partial charge in [0.1, 0.15) is 0 Å². The first kappa shape index (κ1) is 10.7. The Balaban J connectivity index is 2.70. The highest BCUT2D eigenvalue weighted by Gasteiger charge is 2.10. The van der Waals surface area contributed by atoms with Crippen molar-refractivity contribution in [1.82, 2.24) is 25.0 Å². The maximum atomic E-state index is 12.0. The third-order valence-corrected chi connectivity index (χ3v) is 2.35. The molecule has 0 saturated carbocycles. The highest BCUT2D eigenvalue weighted by atomic mass is 32.1. The molecule has 0 aromatic carbocycles. The fourth-order valence-corrected chi connectivity index (χ4v) is 1.60. The third kappa shape index (κ3) is 1.81. The molecule has 2 aromatic heterocycles. The summed E-state index contributed by atoms with van der Waals surface area (Å²) in [5.41, 5.74) is 1.06. The van der Waals surface area contributed by atoms with E-state index in [0.717, 1.165) is 5.69 Å². The number of hydrogen-bond acceptors (Lipinski definition) is 4. The molecule has 0 bridgehead atoms. The largest absolute Gasteiger partial charge is 0.281 e. The van der Waals surface area contributed by atoms with Gasteiger partial charge in [0.25, 0.3) is 5.56 Å². The van der Waals surface area contributed by atoms with Crippen molar-refractivity contribution in [2.75, 3.05) is 0 Å². The van der Waals surface area contributed by atoms with Crippen molar-refractivity contribution in [3.8, 4) is 11.4 Å². The molecular weight excluding hydrogens is 226 g/mol. The van der Waals surface area contributed by atoms with Crippen LogP contribution in [0.3, 0.4) is 0 Å². The van der Waals surface area contributed by atoms with Crippen molar-refractivity contribution in [3.63, 3.8) is 0 Å². The van der Waals surface area contributed by atoms with Crippen LogP contribution < -0.4 is 5.56 Å². The average molecular weight is 237 g/mol. The van der Waals surface area contributed by atoms with E-state index in [-0.39, 0.29) is 5.56 Å². The van der Waals surface area contributed by atoms with Crippen LogP contribution in [0.4, 0.5) is 0 Å². The molecule has 6 nitrogen and oxygen atoms in total. The van der Waals surface area contributed by atoms with E-state index in [0.29, 0.717) is 22.7 Å². The SMILES string of the molecule is CCn1nc(C)cc(-c2nc(=S)[nH][nH]2)c1=O. The minimum Gasteiger partial charge on any atom is -0.281 e. The Hall–Kier alpha value is -1.76. The molecule has 0 radical (unpaired) electrons. The molecule has 0 amide bonds. The lowest BCUT2D eigenvalue weighted by Gasteiger charge is -2.04. The van der Waals surface area contributed by atoms with Crippen LogP contribution in [0.25, 0.3) is 11.4 Å². The Bertz CT molecular complexity index is 623. The van der Waals surface area contributed by atoms with Gasteiger partial charge in [0.05, 0.1) is 11.3 Å². The molecule has 0 saturated heterocycles. The van der Waals surface area contributed by atoms with Crippen LogP contribution in [0.15, 0.2) is 10.9 Å². The molecule has 0 aliphatic rings. The number of nitrogens with one attached hydrogen (secondary N) is 2. The summed E-state index contributed by atoms with van der Waals surface area (Å²) in [5, 5.41) is 9.53. The van der Waals surface area contributed by atoms with Crippen LogP contribution in [-0.4, -0.2) is 25.0 Å². The molecule has 2 rings (SSSR count). The van der Waals surface area contributed by atoms with Gasteiger partial charge >= 0.3 is 0 Å². The molecule has 0 spiro atoms. The summed E-state index contributed by atoms with van der Waals surface area (Å²) < 4.78 is 1.72. The number of hydrogen-bond donors (Lipinski definition) is 2. The first-order valence-corrected chi connectivity index (χ1v) is 5.26. The number of aromatic nitrogens is 5. The predicted octanol–water partition coefficient (Wildman–Crippen LogP) is 1.02. The molecule has 84 valence electrons. The summed E-state index contributed by atoms with van der Waals surface area (Å²) in [6, 6.07) is 1.69. The fourth-order valence-electron chi connectivity index (χ4n) is 1.46. The van der Waals surface area contributed by atoms with Gasteiger partial charge in [-0.25, -0.2) is 4.68 Å². The minimum atomic E-state index is -0.175. The lowest BCUT2D eigenvalue weighted by atomic mass is 10.2. The van der Waals surface area contributed by atoms with Crippen LogP contribution in [-0.2, 0) is 6.54 Å². The van der Waals surface area contributed by atoms with Gasteiger partial charge in [-0.15, -0.1) is 0 Å². The van der Waals surface area contributed by atoms with Crippen molar-refractivity contribution in [1.29, 1.82) is 0 Å². The molecule has 7 heteroatoms. The highest BCUT2D eigenvalue weighted by Crippen LogP contribution is 2.08. The molecule has 0 aliphatic heterocycles. The lowest BCUT2D eigenvalue weighted by molar-refractivity contribution is 0.607. The smallest absolute Gasteiger partial charge is 0.277 e. The number of nitrogens with zero attached hydrogens (tertiary/aromatic N) is 3. The minimum absolute atomic E-state index is 0.175. The number of aromatic amines is 2. The summed E-state index contributed by atoms with van der Waals surface area (Å²) in [7, 11) is 0. The van der Waals surface area contributed by atoms with E-state index in [4.69, 9.17) is 12.2 Å². The summed E-state index contributed by atoms with van der Waals surface area (Å²) >= 11 is 4.85. The van der Waals surface area contributed by atoms with Crippen molar-refractivity contribution in [3.05, 3.63) is 26.9 Å². The van der Waals surface area contributed by atoms with Gasteiger partial charge in [-0.1, -0.05) is 0 Å². The maximum absolute atomic E-state index is 12.0. The summed E-state index contributed by atoms with van der Waals surface area (Å²) in [4.78, 5) is 16.0. The van der Waals surface area contributed by atoms with Gasteiger partial charge in [-0.3, -0.25) is 15.0 Å². The summed E-state index contributed by atoms with van der Waals surface area (Å²) in [5.74, 6) is 0.447. The predicted molar refractivity (Wildman–Crippen MR) is 61.7 cm³/mol. The molecule has 2 aromatic rings. The van der Waals surface area contributed by atoms with E-state index in [1.54, 1.807) is 6.07 Å². The Kier molecular flexibility index (Phi) is 2.69. The zero-order valence-electron chi connectivity index (χ0n) is 8.94. The molecule has 0 atom stereocenters. The van der Waals surface area contributed by atoms with E-state index in [1.807, 2.05) is 13.8 Å². The Morgan fingerprint density at radius 1 is 1.50 bits per heavy atom. The maximum Gasteiger partial charge on any atom is 0.277 e. The third-order valence-electron chi connectivity index (χ3n) is 2.15. The van der Waals surface area contributed by atoms with Crippen molar-refractivity contribution >= 4 is 12.2 Å². The first-order valence-electron chi connectivity index (χ1n) is 4.85. The molecule has 2 N–H and O–H groups in total. The van der Waals surface area contributed by atoms with Gasteiger partial charge < -0.3 is 0 Å². The lowest BCUT2D eigenvalue weighted by Crippen LogP contribution is -2.24. The molecule has 0 unspecified atom stereocenters. The van der Waals surface area contributed by atoms with Crippen LogP contribution in [0.2, 0.25) is 0 Å². The standard InChI is InChI=1S/C9H11N5OS/c1-3-14-8(15)6(4-5(2)13-14)7-10-9(16)12-11-7/h4H,3H2,1-2H3,(H2,10,11,12,16). The first-order chi connectivity index (χ1) is 7.61. The van der Waals surface area contributed by atoms with E-state index >= 15 is 0 Å². The number of H-pyrrole nitrogens is 2. The second-order valence-corrected chi connectivity index (χ2v) is 3.72. The number of rotatable bonds is 2. The van der Waals surface area contributed by atoms with E-state index < -0.39 is 0 Å². The van der Waals surface area contributed by atoms with E-state index in [2.05, 4.69) is 20.3 Å². The average Bonchev–Trinajstić information content (AvgIpc) is 2.67. The molecule has 16 heavy (non-hydrogen) atoms. The zero-order valence-corrected chi connectivity index (χ0v) is 9.76. The van der Waals surface area contributed by atoms with E-state index in [1.165, 1.54) is 4.68 Å². The molecule has 2 heterocycles. The van der Waals surface area contributed by atoms with Crippen LogP contribution in [0, 0.1) is 11.7 Å². The monoisotopic (exact) mass is 237 g/mol. The van der Waals surface area contributed by atoms with E-state index in [9.17, 15) is 4.79 Å². The van der Waals surface area contributed by atoms with Crippen LogP contribution in [0.1, 0.15) is 12.6 Å². The van der Waals surface area contributed by atoms with Crippen LogP contribution >= 0.6 is 12.2 Å². The second-order valence-electron chi connectivity index (χ2n) is 3.34. The summed E-state index contributed by atoms with van der Waals surface area (Å²) in [6.45, 7) is 4.22. The summed E-state index contributed by atoms with van der Waals surface area (Å²) in [6.07, 6.45) is 0. The fraction of sp³-hybridized carbons (Fsp3) is 0.333. The Morgan fingerprint density at radius 2 is 2.25 bits per heavy atom. The highest BCUT2D eigenvalue weighted by molar-refractivity contribution is 7.71. The molecular formula is C9H11N5OS. The van der Waals surface area contributed by atoms with Gasteiger partial charge in [0.2, 0.25) is 4.77 Å². The van der Waals surface area contributed by atoms with Crippen LogP contribution in [0.5, 0.6) is 0 Å². The van der Waals surface area contributed by atoms with Gasteiger partial charge in [-0.2, -0.15) is 10.1 Å². The van der Waals surface area contributed by atoms with Crippen molar-refractivity contribution in [2.45, 2.75) is 20.4 Å². The second kappa shape index (κ2) is 4.01.